The normalized spacial score (nSPS) is 10.2. The van der Waals surface area contributed by atoms with Gasteiger partial charge < -0.3 is 0 Å². The molecule has 0 N–H and O–H groups in total. The molecule has 0 spiro atoms. The molecule has 0 unspecified atom stereocenters. The van der Waals surface area contributed by atoms with Crippen LogP contribution < -0.4 is 0 Å². The van der Waals surface area contributed by atoms with E-state index in [0.29, 0.717) is 5.56 Å². The molecule has 2 aromatic heterocycles. The van der Waals surface area contributed by atoms with Gasteiger partial charge in [-0.1, -0.05) is 6.92 Å². The van der Waals surface area contributed by atoms with Crippen molar-refractivity contribution in [1.29, 1.82) is 0 Å². The zero-order chi connectivity index (χ0) is 10.7. The molecule has 2 rings (SSSR count). The Morgan fingerprint density at radius 1 is 1.47 bits per heavy atom. The maximum absolute atomic E-state index is 12.1. The molecule has 0 aliphatic heterocycles. The molecule has 0 saturated carbocycles. The Morgan fingerprint density at radius 3 is 3.00 bits per heavy atom. The molecule has 2 heterocycles. The number of hydrogen-bond donors (Lipinski definition) is 0. The molecule has 0 aliphatic carbocycles. The molecule has 76 valence electrons. The number of nitrogens with zero attached hydrogens (tertiary/aromatic N) is 1. The summed E-state index contributed by atoms with van der Waals surface area (Å²) < 4.78 is 0. The third-order valence-electron chi connectivity index (χ3n) is 2.26. The lowest BCUT2D eigenvalue weighted by atomic mass is 10.1. The Bertz CT molecular complexity index is 461. The molecule has 0 atom stereocenters. The van der Waals surface area contributed by atoms with Gasteiger partial charge in [0.15, 0.2) is 0 Å². The van der Waals surface area contributed by atoms with Crippen molar-refractivity contribution in [2.45, 2.75) is 13.3 Å². The van der Waals surface area contributed by atoms with Gasteiger partial charge in [0, 0.05) is 18.0 Å². The van der Waals surface area contributed by atoms with Gasteiger partial charge in [-0.05, 0) is 35.6 Å². The van der Waals surface area contributed by atoms with Gasteiger partial charge in [0.2, 0.25) is 5.78 Å². The molecule has 2 nitrogen and oxygen atoms in total. The first-order valence-electron chi connectivity index (χ1n) is 4.84. The predicted octanol–water partition coefficient (Wildman–Crippen LogP) is 2.94. The number of carbonyl (C=O) groups is 1. The highest BCUT2D eigenvalue weighted by Crippen LogP contribution is 2.20. The first-order valence-corrected chi connectivity index (χ1v) is 5.72. The molecule has 0 saturated heterocycles. The van der Waals surface area contributed by atoms with Crippen molar-refractivity contribution in [1.82, 2.24) is 4.98 Å². The maximum atomic E-state index is 12.1. The summed E-state index contributed by atoms with van der Waals surface area (Å²) >= 11 is 1.50. The lowest BCUT2D eigenvalue weighted by Gasteiger charge is -1.99. The van der Waals surface area contributed by atoms with Gasteiger partial charge in [0.25, 0.3) is 0 Å². The Labute approximate surface area is 92.6 Å². The largest absolute Gasteiger partial charge is 0.288 e. The van der Waals surface area contributed by atoms with Gasteiger partial charge in [0.05, 0.1) is 4.88 Å². The molecule has 0 aromatic carbocycles. The molecule has 3 heteroatoms. The predicted molar refractivity (Wildman–Crippen MR) is 61.4 cm³/mol. The van der Waals surface area contributed by atoms with Crippen molar-refractivity contribution in [3.05, 3.63) is 52.0 Å². The minimum atomic E-state index is 0.0787. The van der Waals surface area contributed by atoms with Gasteiger partial charge in [-0.3, -0.25) is 9.78 Å². The average molecular weight is 217 g/mol. The van der Waals surface area contributed by atoms with Crippen LogP contribution >= 0.6 is 11.3 Å². The van der Waals surface area contributed by atoms with Crippen LogP contribution in [0.2, 0.25) is 0 Å². The van der Waals surface area contributed by atoms with E-state index in [1.54, 1.807) is 24.5 Å². The molecule has 0 fully saturated rings. The van der Waals surface area contributed by atoms with Crippen LogP contribution in [0.5, 0.6) is 0 Å². The number of aryl methyl sites for hydroxylation is 1. The number of aromatic nitrogens is 1. The second kappa shape index (κ2) is 4.36. The van der Waals surface area contributed by atoms with Crippen molar-refractivity contribution >= 4 is 17.1 Å². The molecule has 15 heavy (non-hydrogen) atoms. The molecule has 0 bridgehead atoms. The Kier molecular flexibility index (Phi) is 2.92. The molecule has 2 aromatic rings. The molecular weight excluding hydrogens is 206 g/mol. The monoisotopic (exact) mass is 217 g/mol. The van der Waals surface area contributed by atoms with Crippen LogP contribution in [0.15, 0.2) is 36.0 Å². The fraction of sp³-hybridized carbons (Fsp3) is 0.167. The van der Waals surface area contributed by atoms with E-state index < -0.39 is 0 Å². The van der Waals surface area contributed by atoms with Crippen molar-refractivity contribution < 1.29 is 4.79 Å². The first-order chi connectivity index (χ1) is 7.33. The quantitative estimate of drug-likeness (QED) is 0.740. The lowest BCUT2D eigenvalue weighted by Crippen LogP contribution is -2.01. The fourth-order valence-electron chi connectivity index (χ4n) is 1.44. The van der Waals surface area contributed by atoms with E-state index >= 15 is 0 Å². The summed E-state index contributed by atoms with van der Waals surface area (Å²) in [5, 5.41) is 1.96. The number of hydrogen-bond acceptors (Lipinski definition) is 3. The van der Waals surface area contributed by atoms with E-state index in [1.807, 2.05) is 11.4 Å². The van der Waals surface area contributed by atoms with E-state index in [-0.39, 0.29) is 5.78 Å². The maximum Gasteiger partial charge on any atom is 0.204 e. The van der Waals surface area contributed by atoms with E-state index in [2.05, 4.69) is 11.9 Å². The number of carbonyl (C=O) groups excluding carboxylic acids is 1. The second-order valence-corrected chi connectivity index (χ2v) is 4.12. The van der Waals surface area contributed by atoms with Crippen LogP contribution in [0.3, 0.4) is 0 Å². The van der Waals surface area contributed by atoms with Gasteiger partial charge in [-0.2, -0.15) is 0 Å². The number of ketones is 1. The van der Waals surface area contributed by atoms with E-state index in [4.69, 9.17) is 0 Å². The Balaban J connectivity index is 2.37. The zero-order valence-corrected chi connectivity index (χ0v) is 9.25. The number of rotatable bonds is 3. The van der Waals surface area contributed by atoms with E-state index in [9.17, 15) is 4.79 Å². The van der Waals surface area contributed by atoms with Gasteiger partial charge >= 0.3 is 0 Å². The third kappa shape index (κ3) is 1.97. The highest BCUT2D eigenvalue weighted by molar-refractivity contribution is 7.12. The minimum Gasteiger partial charge on any atom is -0.288 e. The van der Waals surface area contributed by atoms with Crippen molar-refractivity contribution in [3.8, 4) is 0 Å². The summed E-state index contributed by atoms with van der Waals surface area (Å²) in [6, 6.07) is 5.59. The van der Waals surface area contributed by atoms with Crippen LogP contribution in [0.1, 0.15) is 27.7 Å². The summed E-state index contributed by atoms with van der Waals surface area (Å²) in [7, 11) is 0. The Morgan fingerprint density at radius 2 is 2.33 bits per heavy atom. The van der Waals surface area contributed by atoms with Crippen molar-refractivity contribution in [2.24, 2.45) is 0 Å². The highest BCUT2D eigenvalue weighted by Gasteiger charge is 2.13. The molecule has 0 radical (unpaired) electrons. The fourth-order valence-corrected chi connectivity index (χ4v) is 2.40. The third-order valence-corrected chi connectivity index (χ3v) is 3.21. The lowest BCUT2D eigenvalue weighted by molar-refractivity contribution is 0.104. The highest BCUT2D eigenvalue weighted by atomic mass is 32.1. The summed E-state index contributed by atoms with van der Waals surface area (Å²) in [5.41, 5.74) is 1.78. The summed E-state index contributed by atoms with van der Waals surface area (Å²) in [5.74, 6) is 0.0787. The van der Waals surface area contributed by atoms with Crippen molar-refractivity contribution in [3.63, 3.8) is 0 Å². The first kappa shape index (κ1) is 10.1. The zero-order valence-electron chi connectivity index (χ0n) is 8.43. The molecule has 0 aliphatic rings. The summed E-state index contributed by atoms with van der Waals surface area (Å²) in [6.45, 7) is 2.06. The van der Waals surface area contributed by atoms with Gasteiger partial charge in [0.1, 0.15) is 0 Å². The van der Waals surface area contributed by atoms with Crippen LogP contribution in [0, 0.1) is 0 Å². The average Bonchev–Trinajstić information content (AvgIpc) is 2.77. The summed E-state index contributed by atoms with van der Waals surface area (Å²) in [4.78, 5) is 16.9. The van der Waals surface area contributed by atoms with Crippen molar-refractivity contribution in [2.75, 3.05) is 0 Å². The van der Waals surface area contributed by atoms with Crippen LogP contribution in [-0.4, -0.2) is 10.8 Å². The van der Waals surface area contributed by atoms with E-state index in [0.717, 1.165) is 16.9 Å². The minimum absolute atomic E-state index is 0.0787. The molecular formula is C12H11NOS. The smallest absolute Gasteiger partial charge is 0.204 e. The topological polar surface area (TPSA) is 30.0 Å². The molecule has 0 amide bonds. The standard InChI is InChI=1S/C12H11NOS/c1-2-9-5-7-15-12(9)11(14)10-4-3-6-13-8-10/h3-8H,2H2,1H3. The number of thiophene rings is 1. The van der Waals surface area contributed by atoms with Crippen LogP contribution in [0.25, 0.3) is 0 Å². The van der Waals surface area contributed by atoms with E-state index in [1.165, 1.54) is 11.3 Å². The van der Waals surface area contributed by atoms with Gasteiger partial charge in [-0.15, -0.1) is 11.3 Å². The van der Waals surface area contributed by atoms with Crippen LogP contribution in [0.4, 0.5) is 0 Å². The number of pyridine rings is 1. The summed E-state index contributed by atoms with van der Waals surface area (Å²) in [6.07, 6.45) is 4.18. The van der Waals surface area contributed by atoms with Gasteiger partial charge in [-0.25, -0.2) is 0 Å². The second-order valence-electron chi connectivity index (χ2n) is 3.20. The SMILES string of the molecule is CCc1ccsc1C(=O)c1cccnc1. The Hall–Kier alpha value is -1.48. The van der Waals surface area contributed by atoms with Crippen LogP contribution in [-0.2, 0) is 6.42 Å².